The lowest BCUT2D eigenvalue weighted by Crippen LogP contribution is -2.24. The number of nitrogens with zero attached hydrogens (tertiary/aromatic N) is 6. The molecule has 4 aromatic heterocycles. The van der Waals surface area contributed by atoms with Gasteiger partial charge in [0.1, 0.15) is 5.39 Å². The summed E-state index contributed by atoms with van der Waals surface area (Å²) in [6.45, 7) is 12.3. The average Bonchev–Trinajstić information content (AvgIpc) is 3.35. The van der Waals surface area contributed by atoms with Gasteiger partial charge in [-0.05, 0) is 43.7 Å². The highest BCUT2D eigenvalue weighted by Crippen LogP contribution is 2.31. The Morgan fingerprint density at radius 3 is 2.66 bits per heavy atom. The average molecular weight is 511 g/mol. The van der Waals surface area contributed by atoms with Gasteiger partial charge < -0.3 is 15.2 Å². The van der Waals surface area contributed by atoms with Gasteiger partial charge in [-0.25, -0.2) is 14.3 Å². The van der Waals surface area contributed by atoms with Crippen LogP contribution in [0, 0.1) is 0 Å². The van der Waals surface area contributed by atoms with Crippen LogP contribution in [-0.2, 0) is 25.4 Å². The quantitative estimate of drug-likeness (QED) is 0.363. The second kappa shape index (κ2) is 8.80. The van der Waals surface area contributed by atoms with Crippen LogP contribution in [0.4, 0.5) is 11.6 Å². The first-order valence-corrected chi connectivity index (χ1v) is 13.2. The van der Waals surface area contributed by atoms with Gasteiger partial charge in [0.2, 0.25) is 5.95 Å². The normalized spacial score (nSPS) is 14.0. The number of anilines is 2. The minimum atomic E-state index is -0.130. The molecule has 6 rings (SSSR count). The van der Waals surface area contributed by atoms with Crippen LogP contribution in [0.1, 0.15) is 57.6 Å². The number of hydrogen-bond donors (Lipinski definition) is 2. The van der Waals surface area contributed by atoms with Crippen LogP contribution in [0.25, 0.3) is 27.6 Å². The highest BCUT2D eigenvalue weighted by Gasteiger charge is 2.22. The number of hydrogen-bond acceptors (Lipinski definition) is 6. The zero-order valence-corrected chi connectivity index (χ0v) is 22.8. The maximum atomic E-state index is 13.4. The lowest BCUT2D eigenvalue weighted by molar-refractivity contribution is 0.474. The molecule has 38 heavy (non-hydrogen) atoms. The van der Waals surface area contributed by atoms with E-state index < -0.39 is 0 Å². The number of benzene rings is 1. The monoisotopic (exact) mass is 510 g/mol. The summed E-state index contributed by atoms with van der Waals surface area (Å²) in [5.41, 5.74) is 6.96. The summed E-state index contributed by atoms with van der Waals surface area (Å²) in [5.74, 6) is 0.442. The standard InChI is InChI=1S/C29H34N8O/c1-17(2)36-27(38)22-16-32-28(34-26(22)37(36)19-9-12-31-25(14-19)29(3,4)5)33-18-7-8-20-21-15-30-11-10-23(21)35(6)24(20)13-18/h7-9,12-14,16-17,30H,10-11,15H2,1-6H3,(H,32,33,34). The van der Waals surface area contributed by atoms with Crippen molar-refractivity contribution in [2.75, 3.05) is 11.9 Å². The second-order valence-corrected chi connectivity index (χ2v) is 11.4. The number of aromatic nitrogens is 6. The Morgan fingerprint density at radius 2 is 1.89 bits per heavy atom. The molecule has 0 radical (unpaired) electrons. The van der Waals surface area contributed by atoms with Gasteiger partial charge in [0.15, 0.2) is 5.65 Å². The zero-order chi connectivity index (χ0) is 26.8. The van der Waals surface area contributed by atoms with Gasteiger partial charge in [0, 0.05) is 72.9 Å². The molecular formula is C29H34N8O. The fraction of sp³-hybridized carbons (Fsp3) is 0.379. The lowest BCUT2D eigenvalue weighted by Gasteiger charge is -2.20. The van der Waals surface area contributed by atoms with Gasteiger partial charge in [0.05, 0.1) is 11.2 Å². The number of nitrogens with one attached hydrogen (secondary N) is 2. The van der Waals surface area contributed by atoms with E-state index in [1.807, 2.05) is 30.7 Å². The van der Waals surface area contributed by atoms with Crippen LogP contribution < -0.4 is 16.2 Å². The van der Waals surface area contributed by atoms with Crippen LogP contribution in [-0.4, -0.2) is 35.4 Å². The van der Waals surface area contributed by atoms with Crippen molar-refractivity contribution in [2.45, 2.75) is 59.0 Å². The molecule has 0 saturated carbocycles. The van der Waals surface area contributed by atoms with Gasteiger partial charge in [-0.15, -0.1) is 0 Å². The van der Waals surface area contributed by atoms with Crippen LogP contribution in [0.2, 0.25) is 0 Å². The summed E-state index contributed by atoms with van der Waals surface area (Å²) >= 11 is 0. The van der Waals surface area contributed by atoms with Crippen LogP contribution >= 0.6 is 0 Å². The van der Waals surface area contributed by atoms with Crippen molar-refractivity contribution in [2.24, 2.45) is 7.05 Å². The molecule has 0 spiro atoms. The van der Waals surface area contributed by atoms with Gasteiger partial charge in [-0.1, -0.05) is 26.8 Å². The Hall–Kier alpha value is -3.98. The van der Waals surface area contributed by atoms with E-state index in [0.29, 0.717) is 17.0 Å². The zero-order valence-electron chi connectivity index (χ0n) is 22.8. The molecule has 1 aliphatic rings. The van der Waals surface area contributed by atoms with Crippen molar-refractivity contribution in [3.8, 4) is 5.69 Å². The molecule has 1 aromatic carbocycles. The number of rotatable bonds is 4. The van der Waals surface area contributed by atoms with Gasteiger partial charge in [-0.2, -0.15) is 4.98 Å². The summed E-state index contributed by atoms with van der Waals surface area (Å²) in [4.78, 5) is 27.4. The molecule has 5 heterocycles. The molecule has 0 saturated heterocycles. The highest BCUT2D eigenvalue weighted by atomic mass is 16.1. The molecule has 9 nitrogen and oxygen atoms in total. The van der Waals surface area contributed by atoms with Crippen molar-refractivity contribution in [1.82, 2.24) is 34.2 Å². The predicted octanol–water partition coefficient (Wildman–Crippen LogP) is 4.74. The summed E-state index contributed by atoms with van der Waals surface area (Å²) in [7, 11) is 2.13. The Morgan fingerprint density at radius 1 is 1.08 bits per heavy atom. The molecule has 196 valence electrons. The van der Waals surface area contributed by atoms with Gasteiger partial charge >= 0.3 is 0 Å². The van der Waals surface area contributed by atoms with E-state index in [1.165, 1.54) is 22.2 Å². The van der Waals surface area contributed by atoms with E-state index >= 15 is 0 Å². The molecule has 2 N–H and O–H groups in total. The number of fused-ring (bicyclic) bond motifs is 4. The highest BCUT2D eigenvalue weighted by molar-refractivity contribution is 5.89. The molecule has 9 heteroatoms. The summed E-state index contributed by atoms with van der Waals surface area (Å²) in [5, 5.41) is 8.61. The molecule has 0 amide bonds. The second-order valence-electron chi connectivity index (χ2n) is 11.4. The van der Waals surface area contributed by atoms with Gasteiger partial charge in [-0.3, -0.25) is 9.78 Å². The first-order chi connectivity index (χ1) is 18.1. The maximum absolute atomic E-state index is 13.4. The smallest absolute Gasteiger partial charge is 0.278 e. The van der Waals surface area contributed by atoms with Crippen LogP contribution in [0.3, 0.4) is 0 Å². The molecule has 0 aliphatic carbocycles. The molecular weight excluding hydrogens is 476 g/mol. The third-order valence-corrected chi connectivity index (χ3v) is 7.40. The van der Waals surface area contributed by atoms with Crippen LogP contribution in [0.15, 0.2) is 47.5 Å². The Kier molecular flexibility index (Phi) is 5.64. The van der Waals surface area contributed by atoms with E-state index in [4.69, 9.17) is 4.98 Å². The molecule has 5 aromatic rings. The van der Waals surface area contributed by atoms with Crippen molar-refractivity contribution >= 4 is 33.6 Å². The summed E-state index contributed by atoms with van der Waals surface area (Å²) in [6, 6.07) is 10.3. The van der Waals surface area contributed by atoms with Crippen molar-refractivity contribution in [3.05, 3.63) is 70.0 Å². The predicted molar refractivity (Wildman–Crippen MR) is 152 cm³/mol. The van der Waals surface area contributed by atoms with E-state index in [2.05, 4.69) is 71.2 Å². The Balaban J connectivity index is 1.46. The fourth-order valence-corrected chi connectivity index (χ4v) is 5.45. The lowest BCUT2D eigenvalue weighted by atomic mass is 9.91. The number of pyridine rings is 1. The minimum Gasteiger partial charge on any atom is -0.347 e. The Labute approximate surface area is 221 Å². The van der Waals surface area contributed by atoms with Crippen molar-refractivity contribution < 1.29 is 0 Å². The molecule has 0 fully saturated rings. The first kappa shape index (κ1) is 24.4. The largest absolute Gasteiger partial charge is 0.347 e. The molecule has 0 bridgehead atoms. The fourth-order valence-electron chi connectivity index (χ4n) is 5.45. The van der Waals surface area contributed by atoms with E-state index in [1.54, 1.807) is 17.1 Å². The maximum Gasteiger partial charge on any atom is 0.278 e. The molecule has 0 atom stereocenters. The van der Waals surface area contributed by atoms with Crippen molar-refractivity contribution in [3.63, 3.8) is 0 Å². The first-order valence-electron chi connectivity index (χ1n) is 13.2. The van der Waals surface area contributed by atoms with Crippen LogP contribution in [0.5, 0.6) is 0 Å². The molecule has 1 aliphatic heterocycles. The topological polar surface area (TPSA) is 94.6 Å². The minimum absolute atomic E-state index is 0.0698. The summed E-state index contributed by atoms with van der Waals surface area (Å²) < 4.78 is 5.92. The molecule has 0 unspecified atom stereocenters. The third kappa shape index (κ3) is 3.89. The van der Waals surface area contributed by atoms with Gasteiger partial charge in [0.25, 0.3) is 5.56 Å². The number of aryl methyl sites for hydroxylation is 1. The van der Waals surface area contributed by atoms with Crippen molar-refractivity contribution in [1.29, 1.82) is 0 Å². The third-order valence-electron chi connectivity index (χ3n) is 7.40. The SMILES string of the molecule is CC(C)n1c(=O)c2cnc(Nc3ccc4c5c(n(C)c4c3)CCNC5)nc2n1-c1ccnc(C(C)(C)C)c1. The van der Waals surface area contributed by atoms with E-state index in [9.17, 15) is 4.79 Å². The van der Waals surface area contributed by atoms with E-state index in [0.717, 1.165) is 36.6 Å². The van der Waals surface area contributed by atoms with E-state index in [-0.39, 0.29) is 17.0 Å². The Bertz CT molecular complexity index is 1750. The summed E-state index contributed by atoms with van der Waals surface area (Å²) in [6.07, 6.45) is 4.44.